The summed E-state index contributed by atoms with van der Waals surface area (Å²) in [7, 11) is 0. The second-order valence-electron chi connectivity index (χ2n) is 6.63. The summed E-state index contributed by atoms with van der Waals surface area (Å²) in [6.07, 6.45) is 0. The standard InChI is InChI=1S/C21H19BrN2O4/c1-13-17-12-15(22)4-7-18(17)28-19(13)20(25)23-16-5-2-14(3-6-16)21(26)24-8-10-27-11-9-24/h2-7,12H,8-11H2,1H3,(H,23,25). The Kier molecular flexibility index (Phi) is 5.19. The van der Waals surface area contributed by atoms with Gasteiger partial charge < -0.3 is 19.4 Å². The van der Waals surface area contributed by atoms with E-state index in [1.165, 1.54) is 0 Å². The van der Waals surface area contributed by atoms with Crippen LogP contribution in [-0.4, -0.2) is 43.0 Å². The molecule has 1 aliphatic rings. The molecular formula is C21H19BrN2O4. The number of fused-ring (bicyclic) bond motifs is 1. The van der Waals surface area contributed by atoms with Crippen molar-refractivity contribution in [3.8, 4) is 0 Å². The van der Waals surface area contributed by atoms with Gasteiger partial charge in [0.2, 0.25) is 0 Å². The van der Waals surface area contributed by atoms with E-state index in [4.69, 9.17) is 9.15 Å². The van der Waals surface area contributed by atoms with Crippen molar-refractivity contribution in [2.24, 2.45) is 0 Å². The Hall–Kier alpha value is -2.64. The Morgan fingerprint density at radius 3 is 2.50 bits per heavy atom. The maximum absolute atomic E-state index is 12.6. The monoisotopic (exact) mass is 442 g/mol. The van der Waals surface area contributed by atoms with E-state index in [0.717, 1.165) is 15.4 Å². The summed E-state index contributed by atoms with van der Waals surface area (Å²) < 4.78 is 11.9. The molecule has 2 amide bonds. The Morgan fingerprint density at radius 2 is 1.79 bits per heavy atom. The summed E-state index contributed by atoms with van der Waals surface area (Å²) in [6, 6.07) is 12.5. The van der Waals surface area contributed by atoms with Crippen molar-refractivity contribution in [3.05, 3.63) is 63.8 Å². The van der Waals surface area contributed by atoms with Gasteiger partial charge in [0, 0.05) is 39.8 Å². The highest BCUT2D eigenvalue weighted by Crippen LogP contribution is 2.28. The third-order valence-electron chi connectivity index (χ3n) is 4.79. The highest BCUT2D eigenvalue weighted by molar-refractivity contribution is 9.10. The van der Waals surface area contributed by atoms with E-state index >= 15 is 0 Å². The number of morpholine rings is 1. The van der Waals surface area contributed by atoms with Crippen molar-refractivity contribution in [2.75, 3.05) is 31.6 Å². The predicted molar refractivity (Wildman–Crippen MR) is 110 cm³/mol. The van der Waals surface area contributed by atoms with Gasteiger partial charge in [0.25, 0.3) is 11.8 Å². The van der Waals surface area contributed by atoms with E-state index in [9.17, 15) is 9.59 Å². The summed E-state index contributed by atoms with van der Waals surface area (Å²) in [5.41, 5.74) is 2.64. The number of hydrogen-bond donors (Lipinski definition) is 1. The number of rotatable bonds is 3. The molecule has 1 saturated heterocycles. The van der Waals surface area contributed by atoms with Gasteiger partial charge in [-0.2, -0.15) is 0 Å². The molecule has 0 aliphatic carbocycles. The van der Waals surface area contributed by atoms with Crippen molar-refractivity contribution < 1.29 is 18.7 Å². The number of anilines is 1. The van der Waals surface area contributed by atoms with Gasteiger partial charge in [-0.05, 0) is 49.4 Å². The van der Waals surface area contributed by atoms with Crippen LogP contribution in [0, 0.1) is 6.92 Å². The smallest absolute Gasteiger partial charge is 0.291 e. The van der Waals surface area contributed by atoms with E-state index in [-0.39, 0.29) is 17.6 Å². The first-order chi connectivity index (χ1) is 13.5. The van der Waals surface area contributed by atoms with Gasteiger partial charge in [0.1, 0.15) is 5.58 Å². The van der Waals surface area contributed by atoms with Gasteiger partial charge in [-0.3, -0.25) is 9.59 Å². The molecule has 4 rings (SSSR count). The van der Waals surface area contributed by atoms with Crippen LogP contribution in [0.3, 0.4) is 0 Å². The minimum Gasteiger partial charge on any atom is -0.451 e. The number of carbonyl (C=O) groups excluding carboxylic acids is 2. The second kappa shape index (κ2) is 7.77. The number of ether oxygens (including phenoxy) is 1. The lowest BCUT2D eigenvalue weighted by Crippen LogP contribution is -2.40. The average Bonchev–Trinajstić information content (AvgIpc) is 3.05. The number of hydrogen-bond acceptors (Lipinski definition) is 4. The molecule has 0 saturated carbocycles. The molecule has 28 heavy (non-hydrogen) atoms. The fraction of sp³-hybridized carbons (Fsp3) is 0.238. The van der Waals surface area contributed by atoms with Crippen LogP contribution < -0.4 is 5.32 Å². The van der Waals surface area contributed by atoms with E-state index in [1.807, 2.05) is 25.1 Å². The van der Waals surface area contributed by atoms with Crippen molar-refractivity contribution in [1.82, 2.24) is 4.90 Å². The van der Waals surface area contributed by atoms with E-state index < -0.39 is 0 Å². The minimum atomic E-state index is -0.322. The van der Waals surface area contributed by atoms with Crippen LogP contribution in [0.15, 0.2) is 51.4 Å². The molecule has 0 unspecified atom stereocenters. The first-order valence-corrected chi connectivity index (χ1v) is 9.79. The quantitative estimate of drug-likeness (QED) is 0.658. The topological polar surface area (TPSA) is 71.8 Å². The Morgan fingerprint density at radius 1 is 1.07 bits per heavy atom. The lowest BCUT2D eigenvalue weighted by molar-refractivity contribution is 0.0303. The molecule has 1 aliphatic heterocycles. The Labute approximate surface area is 170 Å². The third kappa shape index (κ3) is 3.68. The van der Waals surface area contributed by atoms with Gasteiger partial charge in [-0.25, -0.2) is 0 Å². The highest BCUT2D eigenvalue weighted by atomic mass is 79.9. The molecule has 6 nitrogen and oxygen atoms in total. The molecule has 0 spiro atoms. The zero-order valence-electron chi connectivity index (χ0n) is 15.3. The maximum atomic E-state index is 12.6. The fourth-order valence-corrected chi connectivity index (χ4v) is 3.60. The normalized spacial score (nSPS) is 14.3. The largest absolute Gasteiger partial charge is 0.451 e. The van der Waals surface area contributed by atoms with Crippen LogP contribution in [-0.2, 0) is 4.74 Å². The number of carbonyl (C=O) groups is 2. The van der Waals surface area contributed by atoms with Crippen molar-refractivity contribution in [1.29, 1.82) is 0 Å². The average molecular weight is 443 g/mol. The molecule has 0 atom stereocenters. The summed E-state index contributed by atoms with van der Waals surface area (Å²) in [5, 5.41) is 3.73. The van der Waals surface area contributed by atoms with Gasteiger partial charge in [-0.15, -0.1) is 0 Å². The molecule has 0 bridgehead atoms. The molecule has 1 aromatic heterocycles. The number of halogens is 1. The predicted octanol–water partition coefficient (Wildman–Crippen LogP) is 4.23. The summed E-state index contributed by atoms with van der Waals surface area (Å²) in [4.78, 5) is 26.9. The molecule has 1 N–H and O–H groups in total. The lowest BCUT2D eigenvalue weighted by Gasteiger charge is -2.26. The highest BCUT2D eigenvalue weighted by Gasteiger charge is 2.20. The van der Waals surface area contributed by atoms with Crippen LogP contribution in [0.1, 0.15) is 26.5 Å². The minimum absolute atomic E-state index is 0.0279. The molecule has 0 radical (unpaired) electrons. The van der Waals surface area contributed by atoms with Gasteiger partial charge in [-0.1, -0.05) is 15.9 Å². The number of nitrogens with one attached hydrogen (secondary N) is 1. The van der Waals surface area contributed by atoms with Gasteiger partial charge >= 0.3 is 0 Å². The number of aryl methyl sites for hydroxylation is 1. The molecular weight excluding hydrogens is 424 g/mol. The van der Waals surface area contributed by atoms with Crippen LogP contribution in [0.5, 0.6) is 0 Å². The van der Waals surface area contributed by atoms with E-state index in [2.05, 4.69) is 21.2 Å². The number of nitrogens with zero attached hydrogens (tertiary/aromatic N) is 1. The molecule has 2 aromatic carbocycles. The number of furan rings is 1. The van der Waals surface area contributed by atoms with Crippen LogP contribution in [0.25, 0.3) is 11.0 Å². The second-order valence-corrected chi connectivity index (χ2v) is 7.55. The number of amides is 2. The SMILES string of the molecule is Cc1c(C(=O)Nc2ccc(C(=O)N3CCOCC3)cc2)oc2ccc(Br)cc12. The van der Waals surface area contributed by atoms with E-state index in [1.54, 1.807) is 29.2 Å². The fourth-order valence-electron chi connectivity index (χ4n) is 3.24. The maximum Gasteiger partial charge on any atom is 0.291 e. The zero-order chi connectivity index (χ0) is 19.7. The zero-order valence-corrected chi connectivity index (χ0v) is 16.9. The first-order valence-electron chi connectivity index (χ1n) is 9.00. The van der Waals surface area contributed by atoms with Gasteiger partial charge in [0.15, 0.2) is 5.76 Å². The third-order valence-corrected chi connectivity index (χ3v) is 5.29. The molecule has 2 heterocycles. The van der Waals surface area contributed by atoms with Crippen LogP contribution in [0.4, 0.5) is 5.69 Å². The molecule has 144 valence electrons. The van der Waals surface area contributed by atoms with Crippen molar-refractivity contribution in [2.45, 2.75) is 6.92 Å². The van der Waals surface area contributed by atoms with Crippen molar-refractivity contribution >= 4 is 44.4 Å². The molecule has 1 fully saturated rings. The van der Waals surface area contributed by atoms with Crippen LogP contribution >= 0.6 is 15.9 Å². The molecule has 3 aromatic rings. The Bertz CT molecular complexity index is 1040. The summed E-state index contributed by atoms with van der Waals surface area (Å²) in [5.74, 6) is -0.0708. The summed E-state index contributed by atoms with van der Waals surface area (Å²) >= 11 is 3.43. The van der Waals surface area contributed by atoms with Crippen LogP contribution in [0.2, 0.25) is 0 Å². The van der Waals surface area contributed by atoms with E-state index in [0.29, 0.717) is 43.1 Å². The van der Waals surface area contributed by atoms with Crippen molar-refractivity contribution in [3.63, 3.8) is 0 Å². The summed E-state index contributed by atoms with van der Waals surface area (Å²) in [6.45, 7) is 4.18. The van der Waals surface area contributed by atoms with Gasteiger partial charge in [0.05, 0.1) is 13.2 Å². The lowest BCUT2D eigenvalue weighted by atomic mass is 10.1. The molecule has 7 heteroatoms. The Balaban J connectivity index is 1.49. The number of benzene rings is 2. The first kappa shape index (κ1) is 18.7.